The summed E-state index contributed by atoms with van der Waals surface area (Å²) < 4.78 is 18.6. The van der Waals surface area contributed by atoms with E-state index in [0.717, 1.165) is 36.8 Å². The monoisotopic (exact) mass is 427 g/mol. The van der Waals surface area contributed by atoms with Crippen LogP contribution >= 0.6 is 11.6 Å². The molecule has 1 N–H and O–H groups in total. The number of hydrogen-bond acceptors (Lipinski definition) is 4. The molecule has 0 radical (unpaired) electrons. The van der Waals surface area contributed by atoms with E-state index in [-0.39, 0.29) is 24.2 Å². The topological polar surface area (TPSA) is 68.0 Å². The Morgan fingerprint density at radius 3 is 2.53 bits per heavy atom. The highest BCUT2D eigenvalue weighted by Crippen LogP contribution is 2.36. The minimum Gasteiger partial charge on any atom is -0.349 e. The highest BCUT2D eigenvalue weighted by molar-refractivity contribution is 6.30. The summed E-state index contributed by atoms with van der Waals surface area (Å²) in [4.78, 5) is 17.0. The smallest absolute Gasteiger partial charge is 0.227 e. The van der Waals surface area contributed by atoms with Crippen LogP contribution in [-0.4, -0.2) is 16.0 Å². The lowest BCUT2D eigenvalue weighted by molar-refractivity contribution is -0.122. The van der Waals surface area contributed by atoms with E-state index >= 15 is 0 Å². The Kier molecular flexibility index (Phi) is 6.43. The summed E-state index contributed by atoms with van der Waals surface area (Å²) in [6, 6.07) is 13.5. The van der Waals surface area contributed by atoms with E-state index in [4.69, 9.17) is 16.1 Å². The molecule has 30 heavy (non-hydrogen) atoms. The highest BCUT2D eigenvalue weighted by Gasteiger charge is 2.27. The number of halogens is 2. The third-order valence-corrected chi connectivity index (χ3v) is 5.81. The quantitative estimate of drug-likeness (QED) is 0.539. The Labute approximate surface area is 179 Å². The van der Waals surface area contributed by atoms with Crippen LogP contribution in [0, 0.1) is 11.7 Å². The molecule has 5 nitrogen and oxygen atoms in total. The fraction of sp³-hybridized carbons (Fsp3) is 0.348. The van der Waals surface area contributed by atoms with Crippen LogP contribution in [0.1, 0.15) is 49.6 Å². The Balaban J connectivity index is 1.38. The predicted molar refractivity (Wildman–Crippen MR) is 112 cm³/mol. The van der Waals surface area contributed by atoms with Gasteiger partial charge in [-0.1, -0.05) is 41.7 Å². The molecule has 3 aromatic rings. The van der Waals surface area contributed by atoms with Gasteiger partial charge in [0.1, 0.15) is 5.82 Å². The summed E-state index contributed by atoms with van der Waals surface area (Å²) >= 11 is 5.90. The zero-order valence-electron chi connectivity index (χ0n) is 16.5. The minimum atomic E-state index is -0.275. The Morgan fingerprint density at radius 1 is 1.13 bits per heavy atom. The third-order valence-electron chi connectivity index (χ3n) is 5.55. The number of benzene rings is 2. The van der Waals surface area contributed by atoms with Gasteiger partial charge in [0.15, 0.2) is 0 Å². The molecule has 1 atom stereocenters. The lowest BCUT2D eigenvalue weighted by atomic mass is 9.91. The molecule has 1 aliphatic carbocycles. The van der Waals surface area contributed by atoms with Gasteiger partial charge in [-0.3, -0.25) is 4.79 Å². The van der Waals surface area contributed by atoms with Gasteiger partial charge < -0.3 is 9.84 Å². The van der Waals surface area contributed by atoms with Crippen LogP contribution in [0.15, 0.2) is 53.1 Å². The van der Waals surface area contributed by atoms with Gasteiger partial charge in [-0.2, -0.15) is 4.98 Å². The van der Waals surface area contributed by atoms with Gasteiger partial charge in [-0.05, 0) is 60.7 Å². The molecule has 1 amide bonds. The predicted octanol–water partition coefficient (Wildman–Crippen LogP) is 5.51. The molecule has 1 aliphatic rings. The average molecular weight is 428 g/mol. The van der Waals surface area contributed by atoms with Crippen molar-refractivity contribution in [1.29, 1.82) is 0 Å². The Hall–Kier alpha value is -2.73. The van der Waals surface area contributed by atoms with Crippen molar-refractivity contribution in [3.8, 4) is 11.4 Å². The first-order chi connectivity index (χ1) is 14.6. The lowest BCUT2D eigenvalue weighted by Crippen LogP contribution is -2.32. The molecule has 0 saturated heterocycles. The van der Waals surface area contributed by atoms with Gasteiger partial charge in [-0.25, -0.2) is 4.39 Å². The average Bonchev–Trinajstić information content (AvgIpc) is 3.44. The zero-order chi connectivity index (χ0) is 20.9. The van der Waals surface area contributed by atoms with Gasteiger partial charge >= 0.3 is 0 Å². The van der Waals surface area contributed by atoms with E-state index in [0.29, 0.717) is 29.1 Å². The fourth-order valence-corrected chi connectivity index (χ4v) is 4.10. The normalized spacial score (nSPS) is 15.3. The van der Waals surface area contributed by atoms with Gasteiger partial charge in [-0.15, -0.1) is 0 Å². The molecule has 156 valence electrons. The second-order valence-corrected chi connectivity index (χ2v) is 8.10. The van der Waals surface area contributed by atoms with Gasteiger partial charge in [0.05, 0.1) is 6.04 Å². The SMILES string of the molecule is O=C(CCc1nc(-c2ccc(Cl)cc2)no1)N[C@@H](c1ccc(F)cc1)C1CCCC1. The molecule has 0 bridgehead atoms. The molecular formula is C23H23ClFN3O2. The van der Waals surface area contributed by atoms with Gasteiger partial charge in [0, 0.05) is 23.4 Å². The first kappa shape index (κ1) is 20.5. The number of carbonyl (C=O) groups excluding carboxylic acids is 1. The first-order valence-electron chi connectivity index (χ1n) is 10.2. The van der Waals surface area contributed by atoms with Crippen molar-refractivity contribution in [2.45, 2.75) is 44.6 Å². The second-order valence-electron chi connectivity index (χ2n) is 7.66. The number of hydrogen-bond donors (Lipinski definition) is 1. The number of aromatic nitrogens is 2. The van der Waals surface area contributed by atoms with Crippen LogP contribution in [0.25, 0.3) is 11.4 Å². The van der Waals surface area contributed by atoms with Crippen LogP contribution in [0.4, 0.5) is 4.39 Å². The Bertz CT molecular complexity index is 982. The number of amides is 1. The highest BCUT2D eigenvalue weighted by atomic mass is 35.5. The standard InChI is InChI=1S/C23H23ClFN3O2/c24-18-9-5-17(6-10-18)23-27-21(30-28-23)14-13-20(29)26-22(15-3-1-2-4-15)16-7-11-19(25)12-8-16/h5-12,15,22H,1-4,13-14H2,(H,26,29)/t22-/m1/s1. The van der Waals surface area contributed by atoms with Crippen LogP contribution in [0.3, 0.4) is 0 Å². The molecule has 0 unspecified atom stereocenters. The zero-order valence-corrected chi connectivity index (χ0v) is 17.2. The Morgan fingerprint density at radius 2 is 1.83 bits per heavy atom. The number of rotatable bonds is 7. The van der Waals surface area contributed by atoms with Gasteiger partial charge in [0.25, 0.3) is 0 Å². The first-order valence-corrected chi connectivity index (χ1v) is 10.6. The maximum Gasteiger partial charge on any atom is 0.227 e. The van der Waals surface area contributed by atoms with E-state index in [1.54, 1.807) is 24.3 Å². The molecule has 1 heterocycles. The maximum absolute atomic E-state index is 13.3. The summed E-state index contributed by atoms with van der Waals surface area (Å²) in [5.41, 5.74) is 1.75. The van der Waals surface area contributed by atoms with E-state index in [2.05, 4.69) is 15.5 Å². The van der Waals surface area contributed by atoms with Gasteiger partial charge in [0.2, 0.25) is 17.6 Å². The molecule has 1 fully saturated rings. The van der Waals surface area contributed by atoms with Crippen molar-refractivity contribution in [3.63, 3.8) is 0 Å². The van der Waals surface area contributed by atoms with Crippen LogP contribution < -0.4 is 5.32 Å². The van der Waals surface area contributed by atoms with E-state index in [1.807, 2.05) is 12.1 Å². The summed E-state index contributed by atoms with van der Waals surface area (Å²) in [6.45, 7) is 0. The molecule has 1 saturated carbocycles. The number of carbonyl (C=O) groups is 1. The van der Waals surface area contributed by atoms with Crippen molar-refractivity contribution in [3.05, 3.63) is 70.8 Å². The number of nitrogens with one attached hydrogen (secondary N) is 1. The van der Waals surface area contributed by atoms with E-state index in [1.165, 1.54) is 12.1 Å². The van der Waals surface area contributed by atoms with Crippen LogP contribution in [-0.2, 0) is 11.2 Å². The fourth-order valence-electron chi connectivity index (χ4n) is 3.97. The summed E-state index contributed by atoms with van der Waals surface area (Å²) in [5, 5.41) is 7.76. The third kappa shape index (κ3) is 5.05. The van der Waals surface area contributed by atoms with Crippen molar-refractivity contribution in [2.75, 3.05) is 0 Å². The second kappa shape index (κ2) is 9.39. The van der Waals surface area contributed by atoms with E-state index < -0.39 is 0 Å². The molecule has 0 aliphatic heterocycles. The van der Waals surface area contributed by atoms with Crippen LogP contribution in [0.5, 0.6) is 0 Å². The minimum absolute atomic E-state index is 0.0810. The van der Waals surface area contributed by atoms with E-state index in [9.17, 15) is 9.18 Å². The summed E-state index contributed by atoms with van der Waals surface area (Å²) in [6.07, 6.45) is 5.05. The molecule has 7 heteroatoms. The van der Waals surface area contributed by atoms with Crippen molar-refractivity contribution in [1.82, 2.24) is 15.5 Å². The molecule has 1 aromatic heterocycles. The lowest BCUT2D eigenvalue weighted by Gasteiger charge is -2.25. The van der Waals surface area contributed by atoms with Crippen molar-refractivity contribution in [2.24, 2.45) is 5.92 Å². The largest absolute Gasteiger partial charge is 0.349 e. The van der Waals surface area contributed by atoms with Crippen molar-refractivity contribution < 1.29 is 13.7 Å². The summed E-state index contributed by atoms with van der Waals surface area (Å²) in [5.74, 6) is 0.899. The summed E-state index contributed by atoms with van der Waals surface area (Å²) in [7, 11) is 0. The van der Waals surface area contributed by atoms with Crippen molar-refractivity contribution >= 4 is 17.5 Å². The van der Waals surface area contributed by atoms with Crippen LogP contribution in [0.2, 0.25) is 5.02 Å². The number of aryl methyl sites for hydroxylation is 1. The molecule has 0 spiro atoms. The maximum atomic E-state index is 13.3. The molecule has 4 rings (SSSR count). The molecular weight excluding hydrogens is 405 g/mol. The number of nitrogens with zero attached hydrogens (tertiary/aromatic N) is 2. The molecule has 2 aromatic carbocycles.